The van der Waals surface area contributed by atoms with Crippen LogP contribution in [0.2, 0.25) is 0 Å². The van der Waals surface area contributed by atoms with Gasteiger partial charge in [-0.1, -0.05) is 77.6 Å². The molecule has 1 atom stereocenters. The first-order valence-corrected chi connectivity index (χ1v) is 9.22. The van der Waals surface area contributed by atoms with Crippen molar-refractivity contribution in [1.82, 2.24) is 0 Å². The second-order valence-electron chi connectivity index (χ2n) is 6.26. The van der Waals surface area contributed by atoms with Crippen molar-refractivity contribution in [3.8, 4) is 0 Å². The molecule has 0 aromatic heterocycles. The molecule has 5 nitrogen and oxygen atoms in total. The molecule has 0 saturated heterocycles. The summed E-state index contributed by atoms with van der Waals surface area (Å²) in [6, 6.07) is -1.05. The highest BCUT2D eigenvalue weighted by Gasteiger charge is 2.17. The molecule has 0 aliphatic heterocycles. The molecule has 0 aliphatic rings. The topological polar surface area (TPSA) is 89.6 Å². The Bertz CT molecular complexity index is 307. The van der Waals surface area contributed by atoms with E-state index in [4.69, 9.17) is 15.6 Å². The highest BCUT2D eigenvalue weighted by atomic mass is 16.5. The summed E-state index contributed by atoms with van der Waals surface area (Å²) in [6.45, 7) is 2.58. The van der Waals surface area contributed by atoms with Crippen molar-refractivity contribution in [3.63, 3.8) is 0 Å². The SMILES string of the molecule is CCCCCCCCCCCCCCOC(=O)[C@@H](N)CC(=O)O. The summed E-state index contributed by atoms with van der Waals surface area (Å²) in [5, 5.41) is 8.53. The summed E-state index contributed by atoms with van der Waals surface area (Å²) in [7, 11) is 0. The van der Waals surface area contributed by atoms with Crippen LogP contribution in [0.3, 0.4) is 0 Å². The van der Waals surface area contributed by atoms with E-state index in [1.807, 2.05) is 0 Å². The van der Waals surface area contributed by atoms with E-state index in [2.05, 4.69) is 6.92 Å². The summed E-state index contributed by atoms with van der Waals surface area (Å²) in [5.41, 5.74) is 5.41. The molecule has 0 aromatic rings. The Morgan fingerprint density at radius 3 is 1.74 bits per heavy atom. The molecule has 0 fully saturated rings. The average Bonchev–Trinajstić information content (AvgIpc) is 2.51. The van der Waals surface area contributed by atoms with Crippen LogP contribution in [0.1, 0.15) is 90.4 Å². The van der Waals surface area contributed by atoms with Gasteiger partial charge in [0, 0.05) is 0 Å². The Balaban J connectivity index is 3.24. The lowest BCUT2D eigenvalue weighted by Gasteiger charge is -2.09. The Labute approximate surface area is 141 Å². The molecule has 0 spiro atoms. The third-order valence-corrected chi connectivity index (χ3v) is 3.94. The van der Waals surface area contributed by atoms with Gasteiger partial charge in [-0.2, -0.15) is 0 Å². The Hall–Kier alpha value is -1.10. The van der Waals surface area contributed by atoms with Gasteiger partial charge in [-0.05, 0) is 6.42 Å². The fraction of sp³-hybridized carbons (Fsp3) is 0.889. The first kappa shape index (κ1) is 21.9. The largest absolute Gasteiger partial charge is 0.481 e. The van der Waals surface area contributed by atoms with Gasteiger partial charge in [-0.25, -0.2) is 0 Å². The van der Waals surface area contributed by atoms with E-state index < -0.39 is 18.0 Å². The number of carboxylic acids is 1. The molecular weight excluding hydrogens is 294 g/mol. The fourth-order valence-electron chi connectivity index (χ4n) is 2.49. The molecule has 0 saturated carbocycles. The normalized spacial score (nSPS) is 12.1. The van der Waals surface area contributed by atoms with Crippen LogP contribution < -0.4 is 5.73 Å². The Morgan fingerprint density at radius 1 is 0.870 bits per heavy atom. The molecule has 0 amide bonds. The smallest absolute Gasteiger partial charge is 0.323 e. The molecular formula is C18H35NO4. The van der Waals surface area contributed by atoms with E-state index >= 15 is 0 Å². The predicted octanol–water partition coefficient (Wildman–Crippen LogP) is 4.03. The van der Waals surface area contributed by atoms with Crippen molar-refractivity contribution in [1.29, 1.82) is 0 Å². The Morgan fingerprint density at radius 2 is 1.30 bits per heavy atom. The molecule has 0 radical (unpaired) electrons. The van der Waals surface area contributed by atoms with Crippen LogP contribution in [0.5, 0.6) is 0 Å². The maximum absolute atomic E-state index is 11.4. The third-order valence-electron chi connectivity index (χ3n) is 3.94. The third kappa shape index (κ3) is 15.6. The van der Waals surface area contributed by atoms with E-state index in [9.17, 15) is 9.59 Å². The molecule has 0 heterocycles. The minimum absolute atomic E-state index is 0.337. The second-order valence-corrected chi connectivity index (χ2v) is 6.26. The predicted molar refractivity (Wildman–Crippen MR) is 92.3 cm³/mol. The van der Waals surface area contributed by atoms with E-state index in [-0.39, 0.29) is 6.42 Å². The average molecular weight is 329 g/mol. The lowest BCUT2D eigenvalue weighted by Crippen LogP contribution is -2.34. The van der Waals surface area contributed by atoms with Crippen molar-refractivity contribution in [3.05, 3.63) is 0 Å². The number of carbonyl (C=O) groups excluding carboxylic acids is 1. The number of ether oxygens (including phenoxy) is 1. The quantitative estimate of drug-likeness (QED) is 0.329. The van der Waals surface area contributed by atoms with Gasteiger partial charge in [0.2, 0.25) is 0 Å². The zero-order chi connectivity index (χ0) is 17.3. The molecule has 5 heteroatoms. The number of carbonyl (C=O) groups is 2. The van der Waals surface area contributed by atoms with Crippen LogP contribution in [-0.2, 0) is 14.3 Å². The molecule has 23 heavy (non-hydrogen) atoms. The summed E-state index contributed by atoms with van der Waals surface area (Å²) < 4.78 is 4.97. The lowest BCUT2D eigenvalue weighted by atomic mass is 10.1. The van der Waals surface area contributed by atoms with Crippen molar-refractivity contribution in [2.24, 2.45) is 5.73 Å². The van der Waals surface area contributed by atoms with E-state index in [0.717, 1.165) is 19.3 Å². The van der Waals surface area contributed by atoms with Gasteiger partial charge in [0.1, 0.15) is 6.04 Å². The zero-order valence-electron chi connectivity index (χ0n) is 14.7. The molecule has 0 rings (SSSR count). The Kier molecular flexibility index (Phi) is 15.0. The van der Waals surface area contributed by atoms with Crippen molar-refractivity contribution >= 4 is 11.9 Å². The molecule has 0 aromatic carbocycles. The minimum Gasteiger partial charge on any atom is -0.481 e. The van der Waals surface area contributed by atoms with Gasteiger partial charge in [0.25, 0.3) is 0 Å². The first-order valence-electron chi connectivity index (χ1n) is 9.22. The minimum atomic E-state index is -1.08. The number of hydrogen-bond acceptors (Lipinski definition) is 4. The van der Waals surface area contributed by atoms with Crippen molar-refractivity contribution in [2.75, 3.05) is 6.61 Å². The van der Waals surface area contributed by atoms with Gasteiger partial charge in [-0.3, -0.25) is 9.59 Å². The van der Waals surface area contributed by atoms with Gasteiger partial charge in [0.15, 0.2) is 0 Å². The van der Waals surface area contributed by atoms with Crippen molar-refractivity contribution < 1.29 is 19.4 Å². The summed E-state index contributed by atoms with van der Waals surface area (Å²) in [5.74, 6) is -1.70. The number of nitrogens with two attached hydrogens (primary N) is 1. The van der Waals surface area contributed by atoms with Crippen molar-refractivity contribution in [2.45, 2.75) is 96.4 Å². The molecule has 0 aliphatic carbocycles. The van der Waals surface area contributed by atoms with Crippen LogP contribution >= 0.6 is 0 Å². The van der Waals surface area contributed by atoms with Crippen LogP contribution in [0, 0.1) is 0 Å². The maximum Gasteiger partial charge on any atom is 0.323 e. The highest BCUT2D eigenvalue weighted by Crippen LogP contribution is 2.11. The number of hydrogen-bond donors (Lipinski definition) is 2. The molecule has 0 bridgehead atoms. The number of unbranched alkanes of at least 4 members (excludes halogenated alkanes) is 11. The fourth-order valence-corrected chi connectivity index (χ4v) is 2.49. The van der Waals surface area contributed by atoms with Gasteiger partial charge in [-0.15, -0.1) is 0 Å². The standard InChI is InChI=1S/C18H35NO4/c1-2-3-4-5-6-7-8-9-10-11-12-13-14-23-18(22)16(19)15-17(20)21/h16H,2-15,19H2,1H3,(H,20,21)/t16-/m0/s1. The number of esters is 1. The number of aliphatic carboxylic acids is 1. The molecule has 0 unspecified atom stereocenters. The molecule has 136 valence electrons. The van der Waals surface area contributed by atoms with Gasteiger partial charge < -0.3 is 15.6 Å². The molecule has 3 N–H and O–H groups in total. The maximum atomic E-state index is 11.4. The van der Waals surface area contributed by atoms with Crippen LogP contribution in [0.25, 0.3) is 0 Å². The van der Waals surface area contributed by atoms with Crippen LogP contribution in [-0.4, -0.2) is 29.7 Å². The zero-order valence-corrected chi connectivity index (χ0v) is 14.7. The first-order chi connectivity index (χ1) is 11.1. The summed E-state index contributed by atoms with van der Waals surface area (Å²) in [6.07, 6.45) is 14.6. The van der Waals surface area contributed by atoms with E-state index in [1.54, 1.807) is 0 Å². The van der Waals surface area contributed by atoms with Gasteiger partial charge >= 0.3 is 11.9 Å². The summed E-state index contributed by atoms with van der Waals surface area (Å²) in [4.78, 5) is 21.8. The van der Waals surface area contributed by atoms with Crippen LogP contribution in [0.15, 0.2) is 0 Å². The second kappa shape index (κ2) is 15.8. The summed E-state index contributed by atoms with van der Waals surface area (Å²) >= 11 is 0. The highest BCUT2D eigenvalue weighted by molar-refractivity contribution is 5.81. The van der Waals surface area contributed by atoms with Crippen LogP contribution in [0.4, 0.5) is 0 Å². The lowest BCUT2D eigenvalue weighted by molar-refractivity contribution is -0.149. The monoisotopic (exact) mass is 329 g/mol. The van der Waals surface area contributed by atoms with Gasteiger partial charge in [0.05, 0.1) is 13.0 Å². The van der Waals surface area contributed by atoms with E-state index in [0.29, 0.717) is 6.61 Å². The number of rotatable bonds is 16. The van der Waals surface area contributed by atoms with E-state index in [1.165, 1.54) is 57.8 Å². The number of carboxylic acid groups (broad SMARTS) is 1.